The molecule has 0 bridgehead atoms. The molecule has 2 rings (SSSR count). The van der Waals surface area contributed by atoms with Crippen LogP contribution >= 0.6 is 0 Å². The van der Waals surface area contributed by atoms with E-state index in [0.717, 1.165) is 12.1 Å². The van der Waals surface area contributed by atoms with Crippen LogP contribution in [0.5, 0.6) is 0 Å². The number of amides is 1. The second-order valence-corrected chi connectivity index (χ2v) is 4.83. The molecule has 1 atom stereocenters. The first-order valence-corrected chi connectivity index (χ1v) is 6.53. The first-order chi connectivity index (χ1) is 10.0. The summed E-state index contributed by atoms with van der Waals surface area (Å²) in [6, 6.07) is 3.38. The molecule has 0 radical (unpaired) electrons. The average molecular weight is 295 g/mol. The number of hydrogen-bond acceptors (Lipinski definition) is 4. The fourth-order valence-corrected chi connectivity index (χ4v) is 2.37. The van der Waals surface area contributed by atoms with Crippen molar-refractivity contribution >= 4 is 11.8 Å². The van der Waals surface area contributed by atoms with Gasteiger partial charge in [0.2, 0.25) is 0 Å². The molecule has 5 nitrogen and oxygen atoms in total. The third-order valence-corrected chi connectivity index (χ3v) is 3.37. The highest BCUT2D eigenvalue weighted by molar-refractivity contribution is 5.67. The molecule has 1 saturated heterocycles. The zero-order chi connectivity index (χ0) is 15.4. The minimum atomic E-state index is -0.818. The van der Waals surface area contributed by atoms with Gasteiger partial charge in [-0.3, -0.25) is 0 Å². The molecule has 0 aromatic heterocycles. The van der Waals surface area contributed by atoms with Crippen LogP contribution in [0.2, 0.25) is 0 Å². The molecule has 0 aliphatic carbocycles. The third-order valence-electron chi connectivity index (χ3n) is 3.37. The molecule has 1 unspecified atom stereocenters. The Balaban J connectivity index is 2.11. The molecule has 1 aliphatic rings. The molecule has 112 valence electrons. The lowest BCUT2D eigenvalue weighted by Crippen LogP contribution is -2.45. The zero-order valence-electron chi connectivity index (χ0n) is 11.5. The number of benzene rings is 1. The molecule has 1 aromatic rings. The highest BCUT2D eigenvalue weighted by atomic mass is 19.1. The van der Waals surface area contributed by atoms with Crippen LogP contribution in [0.1, 0.15) is 18.4 Å². The van der Waals surface area contributed by atoms with Gasteiger partial charge in [-0.25, -0.2) is 13.6 Å². The van der Waals surface area contributed by atoms with Crippen molar-refractivity contribution in [2.45, 2.75) is 18.9 Å². The van der Waals surface area contributed by atoms with Crippen LogP contribution in [0, 0.1) is 23.0 Å². The van der Waals surface area contributed by atoms with Crippen molar-refractivity contribution in [3.8, 4) is 6.07 Å². The van der Waals surface area contributed by atoms with E-state index in [2.05, 4.69) is 10.1 Å². The van der Waals surface area contributed by atoms with E-state index in [4.69, 9.17) is 5.26 Å². The molecule has 1 aliphatic heterocycles. The highest BCUT2D eigenvalue weighted by Gasteiger charge is 2.25. The predicted molar refractivity (Wildman–Crippen MR) is 71.7 cm³/mol. The fourth-order valence-electron chi connectivity index (χ4n) is 2.37. The number of nitriles is 1. The molecule has 1 fully saturated rings. The molecular weight excluding hydrogens is 280 g/mol. The largest absolute Gasteiger partial charge is 0.453 e. The maximum Gasteiger partial charge on any atom is 0.409 e. The summed E-state index contributed by atoms with van der Waals surface area (Å²) in [5.74, 6) is -1.64. The van der Waals surface area contributed by atoms with E-state index in [-0.39, 0.29) is 17.3 Å². The molecule has 1 N–H and O–H groups in total. The Kier molecular flexibility index (Phi) is 4.58. The number of carbonyl (C=O) groups is 1. The Morgan fingerprint density at radius 2 is 2.14 bits per heavy atom. The van der Waals surface area contributed by atoms with Crippen LogP contribution in [-0.2, 0) is 4.74 Å². The molecule has 7 heteroatoms. The second-order valence-electron chi connectivity index (χ2n) is 4.83. The van der Waals surface area contributed by atoms with Gasteiger partial charge >= 0.3 is 6.09 Å². The summed E-state index contributed by atoms with van der Waals surface area (Å²) in [5, 5.41) is 11.4. The van der Waals surface area contributed by atoms with Crippen LogP contribution in [-0.4, -0.2) is 37.2 Å². The number of piperidine rings is 1. The van der Waals surface area contributed by atoms with Gasteiger partial charge in [0.05, 0.1) is 18.7 Å². The fraction of sp³-hybridized carbons (Fsp3) is 0.429. The van der Waals surface area contributed by atoms with E-state index in [0.29, 0.717) is 25.9 Å². The minimum Gasteiger partial charge on any atom is -0.453 e. The smallest absolute Gasteiger partial charge is 0.409 e. The van der Waals surface area contributed by atoms with Gasteiger partial charge in [-0.2, -0.15) is 5.26 Å². The summed E-state index contributed by atoms with van der Waals surface area (Å²) in [4.78, 5) is 13.0. The van der Waals surface area contributed by atoms with Gasteiger partial charge in [0.1, 0.15) is 5.69 Å². The van der Waals surface area contributed by atoms with E-state index in [1.807, 2.05) is 0 Å². The Labute approximate surface area is 121 Å². The summed E-state index contributed by atoms with van der Waals surface area (Å²) < 4.78 is 32.3. The Bertz CT molecular complexity index is 563. The number of rotatable bonds is 2. The van der Waals surface area contributed by atoms with Crippen molar-refractivity contribution in [1.82, 2.24) is 4.90 Å². The lowest BCUT2D eigenvalue weighted by molar-refractivity contribution is 0.113. The number of hydrogen-bond donors (Lipinski definition) is 1. The Morgan fingerprint density at radius 3 is 2.71 bits per heavy atom. The SMILES string of the molecule is COC(=O)N1CCCC(Nc2c(F)cc(C#N)cc2F)C1. The Hall–Kier alpha value is -2.36. The van der Waals surface area contributed by atoms with Crippen molar-refractivity contribution in [2.75, 3.05) is 25.5 Å². The van der Waals surface area contributed by atoms with Crippen LogP contribution in [0.15, 0.2) is 12.1 Å². The van der Waals surface area contributed by atoms with E-state index < -0.39 is 17.7 Å². The molecule has 1 heterocycles. The van der Waals surface area contributed by atoms with Gasteiger partial charge < -0.3 is 15.0 Å². The number of nitrogens with zero attached hydrogens (tertiary/aromatic N) is 2. The highest BCUT2D eigenvalue weighted by Crippen LogP contribution is 2.23. The summed E-state index contributed by atoms with van der Waals surface area (Å²) >= 11 is 0. The van der Waals surface area contributed by atoms with E-state index >= 15 is 0 Å². The molecule has 0 saturated carbocycles. The number of anilines is 1. The van der Waals surface area contributed by atoms with Crippen molar-refractivity contribution < 1.29 is 18.3 Å². The van der Waals surface area contributed by atoms with Crippen molar-refractivity contribution in [2.24, 2.45) is 0 Å². The van der Waals surface area contributed by atoms with E-state index in [1.165, 1.54) is 12.0 Å². The lowest BCUT2D eigenvalue weighted by atomic mass is 10.1. The lowest BCUT2D eigenvalue weighted by Gasteiger charge is -2.32. The van der Waals surface area contributed by atoms with Crippen molar-refractivity contribution in [1.29, 1.82) is 5.26 Å². The minimum absolute atomic E-state index is 0.0737. The van der Waals surface area contributed by atoms with Crippen molar-refractivity contribution in [3.05, 3.63) is 29.3 Å². The standard InChI is InChI=1S/C14H15F2N3O2/c1-21-14(20)19-4-2-3-10(8-19)18-13-11(15)5-9(7-17)6-12(13)16/h5-6,10,18H,2-4,8H2,1H3. The van der Waals surface area contributed by atoms with Gasteiger partial charge in [-0.15, -0.1) is 0 Å². The molecular formula is C14H15F2N3O2. The third kappa shape index (κ3) is 3.40. The summed E-state index contributed by atoms with van der Waals surface area (Å²) in [7, 11) is 1.29. The van der Waals surface area contributed by atoms with E-state index in [1.54, 1.807) is 6.07 Å². The molecule has 0 spiro atoms. The van der Waals surface area contributed by atoms with Gasteiger partial charge in [0, 0.05) is 19.1 Å². The number of nitrogens with one attached hydrogen (secondary N) is 1. The van der Waals surface area contributed by atoms with Gasteiger partial charge in [-0.05, 0) is 25.0 Å². The summed E-state index contributed by atoms with van der Waals surface area (Å²) in [6.45, 7) is 0.870. The average Bonchev–Trinajstić information content (AvgIpc) is 2.50. The number of likely N-dealkylation sites (tertiary alicyclic amines) is 1. The van der Waals surface area contributed by atoms with Gasteiger partial charge in [-0.1, -0.05) is 0 Å². The van der Waals surface area contributed by atoms with Crippen molar-refractivity contribution in [3.63, 3.8) is 0 Å². The second kappa shape index (κ2) is 6.39. The summed E-state index contributed by atoms with van der Waals surface area (Å²) in [5.41, 5.74) is -0.346. The number of ether oxygens (including phenoxy) is 1. The van der Waals surface area contributed by atoms with Crippen LogP contribution in [0.3, 0.4) is 0 Å². The summed E-state index contributed by atoms with van der Waals surface area (Å²) in [6.07, 6.45) is 0.945. The topological polar surface area (TPSA) is 65.4 Å². The normalized spacial score (nSPS) is 18.0. The quantitative estimate of drug-likeness (QED) is 0.910. The maximum atomic E-state index is 13.8. The van der Waals surface area contributed by atoms with Gasteiger partial charge in [0.15, 0.2) is 11.6 Å². The number of methoxy groups -OCH3 is 1. The van der Waals surface area contributed by atoms with Gasteiger partial charge in [0.25, 0.3) is 0 Å². The first-order valence-electron chi connectivity index (χ1n) is 6.53. The number of halogens is 2. The van der Waals surface area contributed by atoms with E-state index in [9.17, 15) is 13.6 Å². The predicted octanol–water partition coefficient (Wildman–Crippen LogP) is 2.48. The molecule has 1 amide bonds. The maximum absolute atomic E-state index is 13.8. The molecule has 21 heavy (non-hydrogen) atoms. The van der Waals surface area contributed by atoms with Crippen LogP contribution in [0.4, 0.5) is 19.3 Å². The zero-order valence-corrected chi connectivity index (χ0v) is 11.5. The first kappa shape index (κ1) is 15.0. The molecule has 1 aromatic carbocycles. The monoisotopic (exact) mass is 295 g/mol. The number of carbonyl (C=O) groups excluding carboxylic acids is 1. The van der Waals surface area contributed by atoms with Crippen LogP contribution < -0.4 is 5.32 Å². The Morgan fingerprint density at radius 1 is 1.48 bits per heavy atom. The van der Waals surface area contributed by atoms with Crippen LogP contribution in [0.25, 0.3) is 0 Å².